The third-order valence-corrected chi connectivity index (χ3v) is 1.06. The summed E-state index contributed by atoms with van der Waals surface area (Å²) in [6.07, 6.45) is 3.48. The molecule has 1 rings (SSSR count). The summed E-state index contributed by atoms with van der Waals surface area (Å²) in [5.74, 6) is -3.54. The quantitative estimate of drug-likeness (QED) is 0.407. The molecule has 5 heteroatoms. The molecule has 1 aliphatic heterocycles. The SMILES string of the molecule is NC(=O)C1=CC=CC(O)(O)O1. The Balaban J connectivity index is 2.81. The highest BCUT2D eigenvalue weighted by molar-refractivity contribution is 5.90. The number of allylic oxidation sites excluding steroid dienone is 2. The maximum absolute atomic E-state index is 10.4. The minimum Gasteiger partial charge on any atom is -0.430 e. The van der Waals surface area contributed by atoms with Crippen LogP contribution in [0.4, 0.5) is 0 Å². The summed E-state index contributed by atoms with van der Waals surface area (Å²) in [5, 5.41) is 17.6. The van der Waals surface area contributed by atoms with Gasteiger partial charge in [0, 0.05) is 6.08 Å². The number of amides is 1. The van der Waals surface area contributed by atoms with Crippen molar-refractivity contribution < 1.29 is 19.7 Å². The Morgan fingerprint density at radius 1 is 1.64 bits per heavy atom. The van der Waals surface area contributed by atoms with Crippen LogP contribution in [0.2, 0.25) is 0 Å². The van der Waals surface area contributed by atoms with Crippen LogP contribution in [0, 0.1) is 0 Å². The first-order valence-corrected chi connectivity index (χ1v) is 2.84. The molecule has 1 aliphatic rings. The van der Waals surface area contributed by atoms with Crippen molar-refractivity contribution in [1.29, 1.82) is 0 Å². The van der Waals surface area contributed by atoms with Crippen LogP contribution in [-0.2, 0) is 9.53 Å². The van der Waals surface area contributed by atoms with Gasteiger partial charge in [0.05, 0.1) is 0 Å². The summed E-state index contributed by atoms with van der Waals surface area (Å²) in [6.45, 7) is 0. The van der Waals surface area contributed by atoms with E-state index < -0.39 is 11.9 Å². The Bertz CT molecular complexity index is 241. The number of hydrogen-bond acceptors (Lipinski definition) is 4. The van der Waals surface area contributed by atoms with Crippen molar-refractivity contribution in [3.05, 3.63) is 24.0 Å². The fraction of sp³-hybridized carbons (Fsp3) is 0.167. The number of rotatable bonds is 1. The molecule has 0 saturated heterocycles. The lowest BCUT2D eigenvalue weighted by molar-refractivity contribution is -0.284. The molecule has 0 aromatic rings. The maximum Gasteiger partial charge on any atom is 0.344 e. The molecule has 1 heterocycles. The highest BCUT2D eigenvalue weighted by atomic mass is 16.8. The summed E-state index contributed by atoms with van der Waals surface area (Å²) >= 11 is 0. The van der Waals surface area contributed by atoms with Crippen LogP contribution < -0.4 is 5.73 Å². The Labute approximate surface area is 62.4 Å². The van der Waals surface area contributed by atoms with Crippen molar-refractivity contribution in [2.75, 3.05) is 0 Å². The van der Waals surface area contributed by atoms with E-state index in [9.17, 15) is 4.79 Å². The number of aliphatic hydroxyl groups is 2. The number of nitrogens with two attached hydrogens (primary N) is 1. The highest BCUT2D eigenvalue weighted by Gasteiger charge is 2.26. The van der Waals surface area contributed by atoms with E-state index in [0.717, 1.165) is 6.08 Å². The van der Waals surface area contributed by atoms with E-state index in [1.165, 1.54) is 12.2 Å². The average Bonchev–Trinajstić information content (AvgIpc) is 1.85. The normalized spacial score (nSPS) is 20.4. The first kappa shape index (κ1) is 7.77. The van der Waals surface area contributed by atoms with Crippen LogP contribution >= 0.6 is 0 Å². The molecule has 0 aliphatic carbocycles. The molecule has 0 aromatic heterocycles. The molecule has 11 heavy (non-hydrogen) atoms. The number of primary amides is 1. The molecule has 0 atom stereocenters. The molecular weight excluding hydrogens is 150 g/mol. The number of carbonyl (C=O) groups excluding carboxylic acids is 1. The topological polar surface area (TPSA) is 92.8 Å². The van der Waals surface area contributed by atoms with Gasteiger partial charge in [-0.3, -0.25) is 4.79 Å². The van der Waals surface area contributed by atoms with Gasteiger partial charge in [0.2, 0.25) is 0 Å². The molecule has 0 spiro atoms. The molecule has 60 valence electrons. The zero-order chi connectivity index (χ0) is 8.48. The van der Waals surface area contributed by atoms with E-state index in [0.29, 0.717) is 0 Å². The summed E-state index contributed by atoms with van der Waals surface area (Å²) < 4.78 is 4.35. The second kappa shape index (κ2) is 2.37. The maximum atomic E-state index is 10.4. The summed E-state index contributed by atoms with van der Waals surface area (Å²) in [6, 6.07) is 0. The summed E-state index contributed by atoms with van der Waals surface area (Å²) in [7, 11) is 0. The van der Waals surface area contributed by atoms with E-state index in [2.05, 4.69) is 4.74 Å². The molecule has 1 amide bonds. The zero-order valence-electron chi connectivity index (χ0n) is 5.52. The number of ether oxygens (including phenoxy) is 1. The third kappa shape index (κ3) is 1.79. The smallest absolute Gasteiger partial charge is 0.344 e. The summed E-state index contributed by atoms with van der Waals surface area (Å²) in [5.41, 5.74) is 4.80. The van der Waals surface area contributed by atoms with Gasteiger partial charge in [-0.25, -0.2) is 0 Å². The fourth-order valence-electron chi connectivity index (χ4n) is 0.623. The molecule has 0 fully saturated rings. The van der Waals surface area contributed by atoms with E-state index in [1.54, 1.807) is 0 Å². The van der Waals surface area contributed by atoms with Crippen molar-refractivity contribution in [2.24, 2.45) is 5.73 Å². The molecule has 5 nitrogen and oxygen atoms in total. The van der Waals surface area contributed by atoms with E-state index in [4.69, 9.17) is 15.9 Å². The fourth-order valence-corrected chi connectivity index (χ4v) is 0.623. The first-order valence-electron chi connectivity index (χ1n) is 2.84. The van der Waals surface area contributed by atoms with Gasteiger partial charge in [-0.1, -0.05) is 6.08 Å². The second-order valence-corrected chi connectivity index (χ2v) is 2.01. The minimum absolute atomic E-state index is 0.280. The number of carbonyl (C=O) groups is 1. The van der Waals surface area contributed by atoms with Crippen LogP contribution in [0.25, 0.3) is 0 Å². The predicted octanol–water partition coefficient (Wildman–Crippen LogP) is -1.42. The van der Waals surface area contributed by atoms with E-state index in [-0.39, 0.29) is 5.76 Å². The van der Waals surface area contributed by atoms with Gasteiger partial charge >= 0.3 is 5.97 Å². The van der Waals surface area contributed by atoms with Crippen LogP contribution in [0.3, 0.4) is 0 Å². The monoisotopic (exact) mass is 157 g/mol. The molecule has 0 radical (unpaired) electrons. The average molecular weight is 157 g/mol. The van der Waals surface area contributed by atoms with Crippen LogP contribution in [0.1, 0.15) is 0 Å². The predicted molar refractivity (Wildman–Crippen MR) is 34.7 cm³/mol. The van der Waals surface area contributed by atoms with Crippen LogP contribution in [-0.4, -0.2) is 22.1 Å². The lowest BCUT2D eigenvalue weighted by Crippen LogP contribution is -2.33. The highest BCUT2D eigenvalue weighted by Crippen LogP contribution is 2.15. The third-order valence-electron chi connectivity index (χ3n) is 1.06. The van der Waals surface area contributed by atoms with E-state index >= 15 is 0 Å². The van der Waals surface area contributed by atoms with Gasteiger partial charge in [0.25, 0.3) is 5.91 Å². The van der Waals surface area contributed by atoms with Gasteiger partial charge in [0.15, 0.2) is 5.76 Å². The molecule has 0 bridgehead atoms. The molecule has 4 N–H and O–H groups in total. The van der Waals surface area contributed by atoms with Gasteiger partial charge in [-0.05, 0) is 6.08 Å². The van der Waals surface area contributed by atoms with Crippen LogP contribution in [0.15, 0.2) is 24.0 Å². The Hall–Kier alpha value is -1.33. The Kier molecular flexibility index (Phi) is 1.67. The van der Waals surface area contributed by atoms with Gasteiger partial charge in [-0.2, -0.15) is 0 Å². The van der Waals surface area contributed by atoms with Gasteiger partial charge < -0.3 is 20.7 Å². The summed E-state index contributed by atoms with van der Waals surface area (Å²) in [4.78, 5) is 10.4. The van der Waals surface area contributed by atoms with E-state index in [1.807, 2.05) is 0 Å². The zero-order valence-corrected chi connectivity index (χ0v) is 5.52. The molecule has 0 unspecified atom stereocenters. The largest absolute Gasteiger partial charge is 0.430 e. The second-order valence-electron chi connectivity index (χ2n) is 2.01. The minimum atomic E-state index is -2.42. The Morgan fingerprint density at radius 3 is 2.64 bits per heavy atom. The first-order chi connectivity index (χ1) is 5.01. The van der Waals surface area contributed by atoms with Crippen molar-refractivity contribution in [2.45, 2.75) is 5.97 Å². The molecule has 0 aromatic carbocycles. The lowest BCUT2D eigenvalue weighted by Gasteiger charge is -2.21. The van der Waals surface area contributed by atoms with Crippen molar-refractivity contribution in [3.63, 3.8) is 0 Å². The van der Waals surface area contributed by atoms with Gasteiger partial charge in [-0.15, -0.1) is 0 Å². The molecule has 0 saturated carbocycles. The Morgan fingerprint density at radius 2 is 2.27 bits per heavy atom. The van der Waals surface area contributed by atoms with Crippen molar-refractivity contribution >= 4 is 5.91 Å². The lowest BCUT2D eigenvalue weighted by atomic mass is 10.3. The molecular formula is C6H7NO4. The van der Waals surface area contributed by atoms with Gasteiger partial charge in [0.1, 0.15) is 0 Å². The van der Waals surface area contributed by atoms with Crippen LogP contribution in [0.5, 0.6) is 0 Å². The number of hydrogen-bond donors (Lipinski definition) is 3. The standard InChI is InChI=1S/C6H7NO4/c7-5(8)4-2-1-3-6(9,10)11-4/h1-3,9-10H,(H2,7,8). The van der Waals surface area contributed by atoms with Crippen molar-refractivity contribution in [3.8, 4) is 0 Å². The van der Waals surface area contributed by atoms with Crippen molar-refractivity contribution in [1.82, 2.24) is 0 Å².